The van der Waals surface area contributed by atoms with Crippen LogP contribution in [0.1, 0.15) is 30.3 Å². The third kappa shape index (κ3) is 3.22. The second-order valence-corrected chi connectivity index (χ2v) is 6.70. The Morgan fingerprint density at radius 3 is 2.64 bits per heavy atom. The second-order valence-electron chi connectivity index (χ2n) is 6.27. The molecule has 0 amide bonds. The van der Waals surface area contributed by atoms with Crippen molar-refractivity contribution in [3.05, 3.63) is 52.7 Å². The molecule has 6 heteroatoms. The van der Waals surface area contributed by atoms with Crippen LogP contribution in [0.25, 0.3) is 22.3 Å². The highest BCUT2D eigenvalue weighted by Crippen LogP contribution is 2.32. The number of aromatic nitrogens is 3. The fraction of sp³-hybridized carbons (Fsp3) is 0.316. The van der Waals surface area contributed by atoms with E-state index in [4.69, 9.17) is 21.3 Å². The number of hydrogen-bond donors (Lipinski definition) is 0. The predicted octanol–water partition coefficient (Wildman–Crippen LogP) is 4.69. The zero-order valence-corrected chi connectivity index (χ0v) is 14.6. The quantitative estimate of drug-likeness (QED) is 0.667. The molecule has 4 nitrogen and oxygen atoms in total. The summed E-state index contributed by atoms with van der Waals surface area (Å²) in [4.78, 5) is 13.9. The summed E-state index contributed by atoms with van der Waals surface area (Å²) in [6.45, 7) is 3.30. The largest absolute Gasteiger partial charge is 0.381 e. The molecule has 1 aliphatic rings. The van der Waals surface area contributed by atoms with Gasteiger partial charge in [-0.25, -0.2) is 19.3 Å². The second kappa shape index (κ2) is 6.65. The van der Waals surface area contributed by atoms with Crippen LogP contribution in [0.2, 0.25) is 5.02 Å². The summed E-state index contributed by atoms with van der Waals surface area (Å²) in [5.74, 6) is 0.513. The average molecular weight is 358 g/mol. The molecule has 0 N–H and O–H groups in total. The van der Waals surface area contributed by atoms with E-state index in [0.29, 0.717) is 41.0 Å². The first-order valence-corrected chi connectivity index (χ1v) is 8.68. The fourth-order valence-electron chi connectivity index (χ4n) is 3.15. The maximum Gasteiger partial charge on any atom is 0.163 e. The summed E-state index contributed by atoms with van der Waals surface area (Å²) in [5.41, 5.74) is 2.44. The minimum atomic E-state index is -0.397. The van der Waals surface area contributed by atoms with Crippen LogP contribution in [0, 0.1) is 12.7 Å². The van der Waals surface area contributed by atoms with E-state index in [1.807, 2.05) is 19.1 Å². The molecule has 0 radical (unpaired) electrons. The topological polar surface area (TPSA) is 47.9 Å². The molecule has 25 heavy (non-hydrogen) atoms. The van der Waals surface area contributed by atoms with Gasteiger partial charge in [0, 0.05) is 40.8 Å². The zero-order valence-electron chi connectivity index (χ0n) is 13.8. The van der Waals surface area contributed by atoms with Gasteiger partial charge in [0.15, 0.2) is 5.65 Å². The monoisotopic (exact) mass is 357 g/mol. The lowest BCUT2D eigenvalue weighted by atomic mass is 9.98. The third-order valence-corrected chi connectivity index (χ3v) is 4.72. The standard InChI is InChI=1S/C19H17ClFN3O/c1-11-2-4-15-17(14-5-3-13(20)10-16(14)21)23-18(24-19(15)22-11)12-6-8-25-9-7-12/h2-5,10,12H,6-9H2,1H3. The number of benzene rings is 1. The van der Waals surface area contributed by atoms with E-state index in [-0.39, 0.29) is 5.92 Å². The maximum atomic E-state index is 14.5. The van der Waals surface area contributed by atoms with Crippen molar-refractivity contribution < 1.29 is 9.13 Å². The molecule has 0 spiro atoms. The summed E-state index contributed by atoms with van der Waals surface area (Å²) in [7, 11) is 0. The minimum Gasteiger partial charge on any atom is -0.381 e. The Labute approximate surface area is 150 Å². The van der Waals surface area contributed by atoms with E-state index in [0.717, 1.165) is 23.9 Å². The van der Waals surface area contributed by atoms with Crippen LogP contribution < -0.4 is 0 Å². The van der Waals surface area contributed by atoms with Crippen LogP contribution in [-0.4, -0.2) is 28.2 Å². The Morgan fingerprint density at radius 1 is 1.08 bits per heavy atom. The molecule has 1 aliphatic heterocycles. The van der Waals surface area contributed by atoms with E-state index in [1.54, 1.807) is 12.1 Å². The molecule has 0 bridgehead atoms. The molecule has 2 aromatic heterocycles. The van der Waals surface area contributed by atoms with Gasteiger partial charge in [0.1, 0.15) is 11.6 Å². The lowest BCUT2D eigenvalue weighted by molar-refractivity contribution is 0.0836. The number of pyridine rings is 1. The molecule has 3 heterocycles. The molecule has 1 fully saturated rings. The molecule has 0 unspecified atom stereocenters. The van der Waals surface area contributed by atoms with Crippen molar-refractivity contribution in [2.75, 3.05) is 13.2 Å². The molecular weight excluding hydrogens is 341 g/mol. The van der Waals surface area contributed by atoms with E-state index < -0.39 is 5.82 Å². The predicted molar refractivity (Wildman–Crippen MR) is 95.3 cm³/mol. The highest BCUT2D eigenvalue weighted by atomic mass is 35.5. The Hall–Kier alpha value is -2.11. The van der Waals surface area contributed by atoms with Crippen molar-refractivity contribution in [2.45, 2.75) is 25.7 Å². The van der Waals surface area contributed by atoms with Gasteiger partial charge in [-0.1, -0.05) is 11.6 Å². The van der Waals surface area contributed by atoms with Crippen LogP contribution in [-0.2, 0) is 4.74 Å². The Morgan fingerprint density at radius 2 is 1.88 bits per heavy atom. The summed E-state index contributed by atoms with van der Waals surface area (Å²) in [6, 6.07) is 8.42. The molecule has 128 valence electrons. The van der Waals surface area contributed by atoms with Crippen LogP contribution in [0.4, 0.5) is 4.39 Å². The number of aryl methyl sites for hydroxylation is 1. The van der Waals surface area contributed by atoms with E-state index in [9.17, 15) is 4.39 Å². The molecule has 1 saturated heterocycles. The Bertz CT molecular complexity index is 941. The van der Waals surface area contributed by atoms with Crippen molar-refractivity contribution in [1.82, 2.24) is 15.0 Å². The Kier molecular flexibility index (Phi) is 4.36. The molecule has 4 rings (SSSR count). The number of nitrogens with zero attached hydrogens (tertiary/aromatic N) is 3. The van der Waals surface area contributed by atoms with Gasteiger partial charge in [-0.3, -0.25) is 0 Å². The number of hydrogen-bond acceptors (Lipinski definition) is 4. The van der Waals surface area contributed by atoms with E-state index in [2.05, 4.69) is 9.97 Å². The minimum absolute atomic E-state index is 0.203. The van der Waals surface area contributed by atoms with Crippen molar-refractivity contribution in [1.29, 1.82) is 0 Å². The summed E-state index contributed by atoms with van der Waals surface area (Å²) < 4.78 is 20.0. The molecule has 0 atom stereocenters. The first kappa shape index (κ1) is 16.4. The van der Waals surface area contributed by atoms with Gasteiger partial charge >= 0.3 is 0 Å². The SMILES string of the molecule is Cc1ccc2c(-c3ccc(Cl)cc3F)nc(C3CCOCC3)nc2n1. The lowest BCUT2D eigenvalue weighted by Crippen LogP contribution is -2.17. The van der Waals surface area contributed by atoms with Gasteiger partial charge in [-0.2, -0.15) is 0 Å². The summed E-state index contributed by atoms with van der Waals surface area (Å²) >= 11 is 5.90. The van der Waals surface area contributed by atoms with Crippen molar-refractivity contribution in [3.8, 4) is 11.3 Å². The lowest BCUT2D eigenvalue weighted by Gasteiger charge is -2.21. The first-order chi connectivity index (χ1) is 12.1. The van der Waals surface area contributed by atoms with Gasteiger partial charge in [0.05, 0.1) is 5.69 Å². The molecule has 0 aliphatic carbocycles. The number of fused-ring (bicyclic) bond motifs is 1. The van der Waals surface area contributed by atoms with Crippen molar-refractivity contribution in [2.24, 2.45) is 0 Å². The van der Waals surface area contributed by atoms with Gasteiger partial charge in [0.2, 0.25) is 0 Å². The zero-order chi connectivity index (χ0) is 17.4. The smallest absolute Gasteiger partial charge is 0.163 e. The van der Waals surface area contributed by atoms with Crippen molar-refractivity contribution >= 4 is 22.6 Å². The Balaban J connectivity index is 1.94. The van der Waals surface area contributed by atoms with Crippen LogP contribution >= 0.6 is 11.6 Å². The van der Waals surface area contributed by atoms with Crippen molar-refractivity contribution in [3.63, 3.8) is 0 Å². The fourth-order valence-corrected chi connectivity index (χ4v) is 3.31. The molecule has 3 aromatic rings. The van der Waals surface area contributed by atoms with E-state index >= 15 is 0 Å². The first-order valence-electron chi connectivity index (χ1n) is 8.30. The number of rotatable bonds is 2. The summed E-state index contributed by atoms with van der Waals surface area (Å²) in [6.07, 6.45) is 1.72. The van der Waals surface area contributed by atoms with Gasteiger partial charge in [-0.05, 0) is 50.1 Å². The van der Waals surface area contributed by atoms with Gasteiger partial charge < -0.3 is 4.74 Å². The molecule has 1 aromatic carbocycles. The van der Waals surface area contributed by atoms with Gasteiger partial charge in [-0.15, -0.1) is 0 Å². The maximum absolute atomic E-state index is 14.5. The van der Waals surface area contributed by atoms with Crippen LogP contribution in [0.15, 0.2) is 30.3 Å². The highest BCUT2D eigenvalue weighted by Gasteiger charge is 2.22. The van der Waals surface area contributed by atoms with Crippen LogP contribution in [0.5, 0.6) is 0 Å². The highest BCUT2D eigenvalue weighted by molar-refractivity contribution is 6.30. The molecular formula is C19H17ClFN3O. The molecule has 0 saturated carbocycles. The van der Waals surface area contributed by atoms with Crippen LogP contribution in [0.3, 0.4) is 0 Å². The third-order valence-electron chi connectivity index (χ3n) is 4.49. The number of ether oxygens (including phenoxy) is 1. The average Bonchev–Trinajstić information content (AvgIpc) is 2.61. The van der Waals surface area contributed by atoms with E-state index in [1.165, 1.54) is 6.07 Å². The van der Waals surface area contributed by atoms with Gasteiger partial charge in [0.25, 0.3) is 0 Å². The normalized spacial score (nSPS) is 15.6. The number of halogens is 2. The summed E-state index contributed by atoms with van der Waals surface area (Å²) in [5, 5.41) is 1.10.